The predicted octanol–water partition coefficient (Wildman–Crippen LogP) is 4.20. The standard InChI is InChI=1S/C22H21N5OS/c1-14-8-4-5-9-19(14)27-21(25-10-6-7-11-25)17-12-26(13-18(17)24-27)22(28)20-15(2)23-16(3)29-20/h4-11H,12-13H2,1-3H3. The highest BCUT2D eigenvalue weighted by molar-refractivity contribution is 7.13. The molecule has 146 valence electrons. The number of rotatable bonds is 3. The molecule has 0 unspecified atom stereocenters. The van der Waals surface area contributed by atoms with Crippen LogP contribution in [0.1, 0.15) is 37.2 Å². The number of fused-ring (bicyclic) bond motifs is 1. The Labute approximate surface area is 173 Å². The predicted molar refractivity (Wildman–Crippen MR) is 113 cm³/mol. The van der Waals surface area contributed by atoms with Crippen LogP contribution in [0.2, 0.25) is 0 Å². The molecule has 29 heavy (non-hydrogen) atoms. The van der Waals surface area contributed by atoms with Gasteiger partial charge in [-0.25, -0.2) is 9.67 Å². The molecule has 6 nitrogen and oxygen atoms in total. The summed E-state index contributed by atoms with van der Waals surface area (Å²) in [6.45, 7) is 6.98. The van der Waals surface area contributed by atoms with Crippen LogP contribution in [-0.2, 0) is 13.1 Å². The summed E-state index contributed by atoms with van der Waals surface area (Å²) in [5.41, 5.74) is 5.06. The Kier molecular flexibility index (Phi) is 4.13. The van der Waals surface area contributed by atoms with Gasteiger partial charge in [0.25, 0.3) is 5.91 Å². The highest BCUT2D eigenvalue weighted by Gasteiger charge is 2.33. The third kappa shape index (κ3) is 2.89. The van der Waals surface area contributed by atoms with Gasteiger partial charge in [0.05, 0.1) is 35.2 Å². The van der Waals surface area contributed by atoms with Crippen molar-refractivity contribution < 1.29 is 4.79 Å². The first-order chi connectivity index (χ1) is 14.0. The van der Waals surface area contributed by atoms with Gasteiger partial charge in [-0.2, -0.15) is 5.10 Å². The van der Waals surface area contributed by atoms with Crippen molar-refractivity contribution in [2.24, 2.45) is 0 Å². The van der Waals surface area contributed by atoms with Gasteiger partial charge in [0, 0.05) is 18.0 Å². The summed E-state index contributed by atoms with van der Waals surface area (Å²) in [5.74, 6) is 1.03. The molecule has 0 saturated carbocycles. The maximum atomic E-state index is 13.1. The SMILES string of the molecule is Cc1nc(C)c(C(=O)N2Cc3nn(-c4ccccc4C)c(-n4cccc4)c3C2)s1. The van der Waals surface area contributed by atoms with Crippen LogP contribution in [0.3, 0.4) is 0 Å². The van der Waals surface area contributed by atoms with Gasteiger partial charge in [-0.3, -0.25) is 4.79 Å². The van der Waals surface area contributed by atoms with Crippen molar-refractivity contribution >= 4 is 17.2 Å². The van der Waals surface area contributed by atoms with E-state index in [1.54, 1.807) is 0 Å². The van der Waals surface area contributed by atoms with E-state index in [9.17, 15) is 4.79 Å². The number of amides is 1. The van der Waals surface area contributed by atoms with Crippen molar-refractivity contribution in [2.75, 3.05) is 0 Å². The van der Waals surface area contributed by atoms with Crippen molar-refractivity contribution in [1.82, 2.24) is 24.2 Å². The number of para-hydroxylation sites is 1. The molecule has 7 heteroatoms. The number of benzene rings is 1. The van der Waals surface area contributed by atoms with Crippen molar-refractivity contribution in [3.63, 3.8) is 0 Å². The number of aryl methyl sites for hydroxylation is 3. The number of hydrogen-bond acceptors (Lipinski definition) is 4. The van der Waals surface area contributed by atoms with Gasteiger partial charge in [-0.1, -0.05) is 18.2 Å². The fourth-order valence-corrected chi connectivity index (χ4v) is 4.82. The number of carbonyl (C=O) groups is 1. The lowest BCUT2D eigenvalue weighted by molar-refractivity contribution is 0.0753. The summed E-state index contributed by atoms with van der Waals surface area (Å²) in [5, 5.41) is 5.84. The van der Waals surface area contributed by atoms with Crippen LogP contribution < -0.4 is 0 Å². The maximum absolute atomic E-state index is 13.1. The monoisotopic (exact) mass is 403 g/mol. The van der Waals surface area contributed by atoms with E-state index in [-0.39, 0.29) is 5.91 Å². The second-order valence-electron chi connectivity index (χ2n) is 7.35. The smallest absolute Gasteiger partial charge is 0.266 e. The molecule has 1 aliphatic rings. The van der Waals surface area contributed by atoms with Gasteiger partial charge >= 0.3 is 0 Å². The first-order valence-electron chi connectivity index (χ1n) is 9.56. The minimum atomic E-state index is 0.0343. The Bertz CT molecular complexity index is 1220. The van der Waals surface area contributed by atoms with Crippen molar-refractivity contribution in [3.05, 3.63) is 81.2 Å². The normalized spacial score (nSPS) is 13.1. The lowest BCUT2D eigenvalue weighted by Crippen LogP contribution is -2.26. The summed E-state index contributed by atoms with van der Waals surface area (Å²) in [7, 11) is 0. The number of thiazole rings is 1. The molecule has 1 aliphatic heterocycles. The third-order valence-corrected chi connectivity index (χ3v) is 6.37. The molecule has 0 atom stereocenters. The van der Waals surface area contributed by atoms with E-state index in [0.717, 1.165) is 43.9 Å². The Hall–Kier alpha value is -3.19. The summed E-state index contributed by atoms with van der Waals surface area (Å²) >= 11 is 1.46. The van der Waals surface area contributed by atoms with Crippen LogP contribution in [0.4, 0.5) is 0 Å². The average Bonchev–Trinajstić information content (AvgIpc) is 3.45. The van der Waals surface area contributed by atoms with Crippen LogP contribution in [0.25, 0.3) is 11.5 Å². The molecule has 0 fully saturated rings. The van der Waals surface area contributed by atoms with Gasteiger partial charge in [-0.15, -0.1) is 11.3 Å². The largest absolute Gasteiger partial charge is 0.327 e. The van der Waals surface area contributed by atoms with Crippen LogP contribution >= 0.6 is 11.3 Å². The van der Waals surface area contributed by atoms with E-state index in [2.05, 4.69) is 28.6 Å². The molecule has 4 heterocycles. The quantitative estimate of drug-likeness (QED) is 0.515. The fraction of sp³-hybridized carbons (Fsp3) is 0.227. The highest BCUT2D eigenvalue weighted by Crippen LogP contribution is 2.33. The fourth-order valence-electron chi connectivity index (χ4n) is 3.93. The first-order valence-corrected chi connectivity index (χ1v) is 10.4. The zero-order chi connectivity index (χ0) is 20.1. The number of hydrogen-bond donors (Lipinski definition) is 0. The van der Waals surface area contributed by atoms with Crippen molar-refractivity contribution in [3.8, 4) is 11.5 Å². The van der Waals surface area contributed by atoms with Crippen molar-refractivity contribution in [2.45, 2.75) is 33.9 Å². The second kappa shape index (κ2) is 6.70. The molecule has 0 spiro atoms. The van der Waals surface area contributed by atoms with Crippen molar-refractivity contribution in [1.29, 1.82) is 0 Å². The Balaban J connectivity index is 1.57. The van der Waals surface area contributed by atoms with Crippen LogP contribution in [-0.4, -0.2) is 30.1 Å². The Morgan fingerprint density at radius 2 is 1.79 bits per heavy atom. The molecule has 0 N–H and O–H groups in total. The molecule has 0 bridgehead atoms. The Morgan fingerprint density at radius 1 is 1.03 bits per heavy atom. The van der Waals surface area contributed by atoms with Gasteiger partial charge in [0.15, 0.2) is 0 Å². The molecule has 4 aromatic rings. The molecule has 0 radical (unpaired) electrons. The molecule has 0 saturated heterocycles. The third-order valence-electron chi connectivity index (χ3n) is 5.31. The minimum Gasteiger partial charge on any atom is -0.327 e. The molecule has 3 aromatic heterocycles. The summed E-state index contributed by atoms with van der Waals surface area (Å²) < 4.78 is 4.08. The van der Waals surface area contributed by atoms with Gasteiger partial charge in [-0.05, 0) is 44.5 Å². The van der Waals surface area contributed by atoms with E-state index < -0.39 is 0 Å². The zero-order valence-corrected chi connectivity index (χ0v) is 17.4. The van der Waals surface area contributed by atoms with Crippen LogP contribution in [0.5, 0.6) is 0 Å². The molecule has 1 aromatic carbocycles. The molecular weight excluding hydrogens is 382 g/mol. The lowest BCUT2D eigenvalue weighted by Gasteiger charge is -2.17. The summed E-state index contributed by atoms with van der Waals surface area (Å²) in [6.07, 6.45) is 4.04. The summed E-state index contributed by atoms with van der Waals surface area (Å²) in [4.78, 5) is 20.1. The Morgan fingerprint density at radius 3 is 2.48 bits per heavy atom. The highest BCUT2D eigenvalue weighted by atomic mass is 32.1. The second-order valence-corrected chi connectivity index (χ2v) is 8.55. The van der Waals surface area contributed by atoms with E-state index >= 15 is 0 Å². The topological polar surface area (TPSA) is 56.0 Å². The van der Waals surface area contributed by atoms with E-state index in [1.165, 1.54) is 11.3 Å². The average molecular weight is 404 g/mol. The molecule has 0 aliphatic carbocycles. The summed E-state index contributed by atoms with van der Waals surface area (Å²) in [6, 6.07) is 12.2. The van der Waals surface area contributed by atoms with Gasteiger partial charge < -0.3 is 9.47 Å². The van der Waals surface area contributed by atoms with Crippen LogP contribution in [0, 0.1) is 20.8 Å². The molecule has 1 amide bonds. The number of aromatic nitrogens is 4. The lowest BCUT2D eigenvalue weighted by atomic mass is 10.2. The van der Waals surface area contributed by atoms with E-state index in [1.807, 2.05) is 60.1 Å². The van der Waals surface area contributed by atoms with Gasteiger partial charge in [0.2, 0.25) is 0 Å². The number of nitrogens with zero attached hydrogens (tertiary/aromatic N) is 5. The van der Waals surface area contributed by atoms with Crippen LogP contribution in [0.15, 0.2) is 48.8 Å². The zero-order valence-electron chi connectivity index (χ0n) is 16.6. The van der Waals surface area contributed by atoms with E-state index in [4.69, 9.17) is 5.10 Å². The molecule has 5 rings (SSSR count). The first kappa shape index (κ1) is 17.9. The number of carbonyl (C=O) groups excluding carboxylic acids is 1. The maximum Gasteiger partial charge on any atom is 0.266 e. The van der Waals surface area contributed by atoms with Gasteiger partial charge in [0.1, 0.15) is 10.7 Å². The van der Waals surface area contributed by atoms with E-state index in [0.29, 0.717) is 13.1 Å². The molecular formula is C22H21N5OS. The minimum absolute atomic E-state index is 0.0343.